The Morgan fingerprint density at radius 1 is 1.42 bits per heavy atom. The van der Waals surface area contributed by atoms with Crippen molar-refractivity contribution < 1.29 is 4.79 Å². The van der Waals surface area contributed by atoms with Crippen molar-refractivity contribution >= 4 is 28.3 Å². The van der Waals surface area contributed by atoms with Crippen LogP contribution < -0.4 is 16.0 Å². The van der Waals surface area contributed by atoms with E-state index in [1.165, 1.54) is 6.33 Å². The van der Waals surface area contributed by atoms with Crippen molar-refractivity contribution in [1.29, 1.82) is 0 Å². The van der Waals surface area contributed by atoms with E-state index < -0.39 is 0 Å². The third kappa shape index (κ3) is 1.95. The third-order valence-corrected chi connectivity index (χ3v) is 3.41. The zero-order valence-corrected chi connectivity index (χ0v) is 10.6. The van der Waals surface area contributed by atoms with Crippen LogP contribution in [0, 0.1) is 0 Å². The van der Waals surface area contributed by atoms with Crippen molar-refractivity contribution in [1.82, 2.24) is 15.3 Å². The largest absolute Gasteiger partial charge is 0.399 e. The highest BCUT2D eigenvalue weighted by molar-refractivity contribution is 5.94. The summed E-state index contributed by atoms with van der Waals surface area (Å²) in [7, 11) is 0. The normalized spacial score (nSPS) is 19.5. The number of carbonyl (C=O) groups is 1. The lowest BCUT2D eigenvalue weighted by atomic mass is 10.1. The molecule has 19 heavy (non-hydrogen) atoms. The van der Waals surface area contributed by atoms with Gasteiger partial charge in [0.1, 0.15) is 18.2 Å². The van der Waals surface area contributed by atoms with Gasteiger partial charge < -0.3 is 16.0 Å². The SMILES string of the molecule is CC1C(=O)NCCN1c1ncnc2ccc(N)cc12. The van der Waals surface area contributed by atoms with Crippen LogP contribution in [0.15, 0.2) is 24.5 Å². The first-order valence-electron chi connectivity index (χ1n) is 6.21. The molecule has 3 N–H and O–H groups in total. The van der Waals surface area contributed by atoms with Crippen LogP contribution in [0.25, 0.3) is 10.9 Å². The van der Waals surface area contributed by atoms with Gasteiger partial charge in [-0.2, -0.15) is 0 Å². The van der Waals surface area contributed by atoms with Crippen LogP contribution in [0.3, 0.4) is 0 Å². The molecule has 1 aliphatic rings. The van der Waals surface area contributed by atoms with Gasteiger partial charge in [-0.15, -0.1) is 0 Å². The smallest absolute Gasteiger partial charge is 0.242 e. The Morgan fingerprint density at radius 2 is 2.26 bits per heavy atom. The Labute approximate surface area is 110 Å². The summed E-state index contributed by atoms with van der Waals surface area (Å²) in [4.78, 5) is 22.3. The molecule has 2 aromatic rings. The number of fused-ring (bicyclic) bond motifs is 1. The van der Waals surface area contributed by atoms with Crippen LogP contribution in [-0.2, 0) is 4.79 Å². The molecule has 98 valence electrons. The van der Waals surface area contributed by atoms with E-state index in [1.54, 1.807) is 0 Å². The van der Waals surface area contributed by atoms with Crippen molar-refractivity contribution in [3.05, 3.63) is 24.5 Å². The second-order valence-corrected chi connectivity index (χ2v) is 4.63. The highest BCUT2D eigenvalue weighted by Crippen LogP contribution is 2.26. The number of benzene rings is 1. The van der Waals surface area contributed by atoms with E-state index in [1.807, 2.05) is 30.0 Å². The molecule has 1 aliphatic heterocycles. The van der Waals surface area contributed by atoms with E-state index in [2.05, 4.69) is 15.3 Å². The lowest BCUT2D eigenvalue weighted by molar-refractivity contribution is -0.122. The molecule has 0 radical (unpaired) electrons. The molecule has 1 unspecified atom stereocenters. The number of nitrogens with two attached hydrogens (primary N) is 1. The molecule has 1 aromatic heterocycles. The summed E-state index contributed by atoms with van der Waals surface area (Å²) in [5.74, 6) is 0.779. The first kappa shape index (κ1) is 11.7. The minimum atomic E-state index is -0.242. The molecule has 6 heteroatoms. The van der Waals surface area contributed by atoms with Gasteiger partial charge in [0.2, 0.25) is 5.91 Å². The first-order valence-corrected chi connectivity index (χ1v) is 6.21. The van der Waals surface area contributed by atoms with E-state index in [0.29, 0.717) is 12.2 Å². The average molecular weight is 257 g/mol. The van der Waals surface area contributed by atoms with Crippen molar-refractivity contribution in [2.24, 2.45) is 0 Å². The Hall–Kier alpha value is -2.37. The van der Waals surface area contributed by atoms with Crippen LogP contribution in [0.1, 0.15) is 6.92 Å². The summed E-state index contributed by atoms with van der Waals surface area (Å²) in [6, 6.07) is 5.29. The van der Waals surface area contributed by atoms with Gasteiger partial charge in [0, 0.05) is 24.2 Å². The van der Waals surface area contributed by atoms with Gasteiger partial charge in [0.15, 0.2) is 0 Å². The minimum Gasteiger partial charge on any atom is -0.399 e. The average Bonchev–Trinajstić information content (AvgIpc) is 2.41. The Kier molecular flexibility index (Phi) is 2.70. The zero-order valence-electron chi connectivity index (χ0n) is 10.6. The molecule has 0 bridgehead atoms. The zero-order chi connectivity index (χ0) is 13.4. The summed E-state index contributed by atoms with van der Waals surface area (Å²) in [5.41, 5.74) is 7.33. The summed E-state index contributed by atoms with van der Waals surface area (Å²) < 4.78 is 0. The fourth-order valence-corrected chi connectivity index (χ4v) is 2.36. The van der Waals surface area contributed by atoms with E-state index in [4.69, 9.17) is 5.73 Å². The predicted molar refractivity (Wildman–Crippen MR) is 73.8 cm³/mol. The molecule has 1 saturated heterocycles. The molecular formula is C13H15N5O. The van der Waals surface area contributed by atoms with E-state index in [-0.39, 0.29) is 11.9 Å². The number of amides is 1. The van der Waals surface area contributed by atoms with E-state index in [9.17, 15) is 4.79 Å². The molecule has 3 rings (SSSR count). The van der Waals surface area contributed by atoms with Gasteiger partial charge in [0.25, 0.3) is 0 Å². The Bertz CT molecular complexity index is 642. The van der Waals surface area contributed by atoms with Gasteiger partial charge in [-0.05, 0) is 25.1 Å². The van der Waals surface area contributed by atoms with Crippen molar-refractivity contribution in [3.63, 3.8) is 0 Å². The number of nitrogen functional groups attached to an aromatic ring is 1. The predicted octanol–water partition coefficient (Wildman–Crippen LogP) is 0.537. The van der Waals surface area contributed by atoms with Gasteiger partial charge in [-0.25, -0.2) is 9.97 Å². The number of hydrogen-bond donors (Lipinski definition) is 2. The van der Waals surface area contributed by atoms with Crippen LogP contribution in [-0.4, -0.2) is 35.0 Å². The number of piperazine rings is 1. The van der Waals surface area contributed by atoms with Gasteiger partial charge in [-0.3, -0.25) is 4.79 Å². The topological polar surface area (TPSA) is 84.1 Å². The van der Waals surface area contributed by atoms with Crippen LogP contribution >= 0.6 is 0 Å². The molecule has 1 amide bonds. The summed E-state index contributed by atoms with van der Waals surface area (Å²) in [6.45, 7) is 3.22. The van der Waals surface area contributed by atoms with Crippen LogP contribution in [0.4, 0.5) is 11.5 Å². The number of carbonyl (C=O) groups excluding carboxylic acids is 1. The molecule has 0 aliphatic carbocycles. The second-order valence-electron chi connectivity index (χ2n) is 4.63. The summed E-state index contributed by atoms with van der Waals surface area (Å²) >= 11 is 0. The monoisotopic (exact) mass is 257 g/mol. The highest BCUT2D eigenvalue weighted by Gasteiger charge is 2.27. The molecule has 0 spiro atoms. The number of nitrogens with one attached hydrogen (secondary N) is 1. The van der Waals surface area contributed by atoms with Crippen molar-refractivity contribution in [3.8, 4) is 0 Å². The second kappa shape index (κ2) is 4.38. The lowest BCUT2D eigenvalue weighted by Gasteiger charge is -2.34. The minimum absolute atomic E-state index is 0.0157. The maximum atomic E-state index is 11.8. The summed E-state index contributed by atoms with van der Waals surface area (Å²) in [5, 5.41) is 3.72. The maximum absolute atomic E-state index is 11.8. The fraction of sp³-hybridized carbons (Fsp3) is 0.308. The maximum Gasteiger partial charge on any atom is 0.242 e. The first-order chi connectivity index (χ1) is 9.16. The van der Waals surface area contributed by atoms with Gasteiger partial charge in [0.05, 0.1) is 5.52 Å². The molecule has 1 fully saturated rings. The van der Waals surface area contributed by atoms with Gasteiger partial charge in [-0.1, -0.05) is 0 Å². The van der Waals surface area contributed by atoms with E-state index >= 15 is 0 Å². The number of nitrogens with zero attached hydrogens (tertiary/aromatic N) is 3. The Morgan fingerprint density at radius 3 is 3.11 bits per heavy atom. The quantitative estimate of drug-likeness (QED) is 0.728. The molecule has 1 atom stereocenters. The van der Waals surface area contributed by atoms with Gasteiger partial charge >= 0.3 is 0 Å². The fourth-order valence-electron chi connectivity index (χ4n) is 2.36. The molecule has 1 aromatic carbocycles. The van der Waals surface area contributed by atoms with Crippen molar-refractivity contribution in [2.45, 2.75) is 13.0 Å². The number of anilines is 2. The third-order valence-electron chi connectivity index (χ3n) is 3.41. The standard InChI is InChI=1S/C13H15N5O/c1-8-13(19)15-4-5-18(8)12-10-6-9(14)2-3-11(10)16-7-17-12/h2-3,6-8H,4-5,14H2,1H3,(H,15,19). The van der Waals surface area contributed by atoms with E-state index in [0.717, 1.165) is 23.3 Å². The van der Waals surface area contributed by atoms with Crippen molar-refractivity contribution in [2.75, 3.05) is 23.7 Å². The number of rotatable bonds is 1. The van der Waals surface area contributed by atoms with Crippen LogP contribution in [0.2, 0.25) is 0 Å². The molecule has 2 heterocycles. The Balaban J connectivity index is 2.14. The molecular weight excluding hydrogens is 242 g/mol. The number of hydrogen-bond acceptors (Lipinski definition) is 5. The van der Waals surface area contributed by atoms with Crippen LogP contribution in [0.5, 0.6) is 0 Å². The summed E-state index contributed by atoms with van der Waals surface area (Å²) in [6.07, 6.45) is 1.52. The lowest BCUT2D eigenvalue weighted by Crippen LogP contribution is -2.54. The number of aromatic nitrogens is 2. The molecule has 0 saturated carbocycles. The molecule has 6 nitrogen and oxygen atoms in total. The highest BCUT2D eigenvalue weighted by atomic mass is 16.2.